The Balaban J connectivity index is 1.31. The highest BCUT2D eigenvalue weighted by Crippen LogP contribution is 2.39. The average molecular weight is 461 g/mol. The molecule has 176 valence electrons. The Kier molecular flexibility index (Phi) is 6.10. The van der Waals surface area contributed by atoms with Crippen LogP contribution in [0.1, 0.15) is 22.6 Å². The molecule has 0 spiro atoms. The van der Waals surface area contributed by atoms with Crippen LogP contribution in [0.4, 0.5) is 0 Å². The lowest BCUT2D eigenvalue weighted by atomic mass is 9.84. The van der Waals surface area contributed by atoms with Gasteiger partial charge in [-0.05, 0) is 41.5 Å². The van der Waals surface area contributed by atoms with Crippen molar-refractivity contribution in [1.29, 1.82) is 0 Å². The molecule has 3 aliphatic heterocycles. The molecule has 0 saturated carbocycles. The summed E-state index contributed by atoms with van der Waals surface area (Å²) >= 11 is 0. The molecular formula is C28H28O6. The van der Waals surface area contributed by atoms with Crippen LogP contribution < -0.4 is 14.2 Å². The van der Waals surface area contributed by atoms with Gasteiger partial charge in [-0.3, -0.25) is 0 Å². The van der Waals surface area contributed by atoms with Crippen molar-refractivity contribution in [2.24, 2.45) is 0 Å². The van der Waals surface area contributed by atoms with Gasteiger partial charge in [0.05, 0.1) is 19.8 Å². The van der Waals surface area contributed by atoms with Gasteiger partial charge in [0.25, 0.3) is 0 Å². The molecule has 0 amide bonds. The van der Waals surface area contributed by atoms with Crippen molar-refractivity contribution in [3.8, 4) is 17.2 Å². The summed E-state index contributed by atoms with van der Waals surface area (Å²) in [6, 6.07) is 24.8. The predicted octanol–water partition coefficient (Wildman–Crippen LogP) is 4.20. The summed E-state index contributed by atoms with van der Waals surface area (Å²) in [7, 11) is 0. The molecule has 4 atom stereocenters. The Morgan fingerprint density at radius 3 is 1.91 bits per heavy atom. The highest BCUT2D eigenvalue weighted by Gasteiger charge is 2.27. The van der Waals surface area contributed by atoms with Gasteiger partial charge in [0, 0.05) is 11.5 Å². The van der Waals surface area contributed by atoms with Crippen molar-refractivity contribution < 1.29 is 28.4 Å². The zero-order valence-electron chi connectivity index (χ0n) is 18.9. The first-order chi connectivity index (χ1) is 16.8. The minimum Gasteiger partial charge on any atom is -0.491 e. The molecular weight excluding hydrogens is 432 g/mol. The summed E-state index contributed by atoms with van der Waals surface area (Å²) in [4.78, 5) is 0. The Morgan fingerprint density at radius 2 is 1.24 bits per heavy atom. The first kappa shape index (κ1) is 21.5. The molecule has 0 bridgehead atoms. The SMILES string of the molecule is c1cc(OCC2CO2)cc(C(c2ccc(OCC3CO3)cc2)c2ccccc2OCC2CO2)c1. The maximum atomic E-state index is 6.19. The van der Waals surface area contributed by atoms with Crippen LogP contribution in [0.25, 0.3) is 0 Å². The number of epoxide rings is 3. The Labute approximate surface area is 199 Å². The predicted molar refractivity (Wildman–Crippen MR) is 126 cm³/mol. The fourth-order valence-electron chi connectivity index (χ4n) is 4.00. The minimum atomic E-state index is -0.0298. The van der Waals surface area contributed by atoms with Crippen molar-refractivity contribution in [2.75, 3.05) is 39.6 Å². The van der Waals surface area contributed by atoms with Crippen LogP contribution >= 0.6 is 0 Å². The molecule has 3 heterocycles. The Hall–Kier alpha value is -3.06. The van der Waals surface area contributed by atoms with Gasteiger partial charge in [-0.1, -0.05) is 42.5 Å². The molecule has 4 unspecified atom stereocenters. The number of ether oxygens (including phenoxy) is 6. The summed E-state index contributed by atoms with van der Waals surface area (Å²) in [5, 5.41) is 0. The van der Waals surface area contributed by atoms with Gasteiger partial charge in [0.1, 0.15) is 55.4 Å². The monoisotopic (exact) mass is 460 g/mol. The summed E-state index contributed by atoms with van der Waals surface area (Å²) < 4.78 is 33.9. The molecule has 0 aliphatic carbocycles. The molecule has 0 radical (unpaired) electrons. The lowest BCUT2D eigenvalue weighted by Crippen LogP contribution is -2.10. The van der Waals surface area contributed by atoms with Gasteiger partial charge in [0.2, 0.25) is 0 Å². The second kappa shape index (κ2) is 9.66. The van der Waals surface area contributed by atoms with Gasteiger partial charge in [-0.25, -0.2) is 0 Å². The highest BCUT2D eigenvalue weighted by atomic mass is 16.6. The third-order valence-electron chi connectivity index (χ3n) is 6.14. The number of hydrogen-bond acceptors (Lipinski definition) is 6. The topological polar surface area (TPSA) is 65.3 Å². The van der Waals surface area contributed by atoms with E-state index in [0.29, 0.717) is 19.8 Å². The quantitative estimate of drug-likeness (QED) is 0.298. The lowest BCUT2D eigenvalue weighted by molar-refractivity contribution is 0.260. The molecule has 3 fully saturated rings. The third-order valence-corrected chi connectivity index (χ3v) is 6.14. The largest absolute Gasteiger partial charge is 0.491 e. The average Bonchev–Trinajstić information content (AvgIpc) is 3.72. The number of benzene rings is 3. The maximum Gasteiger partial charge on any atom is 0.123 e. The van der Waals surface area contributed by atoms with E-state index in [1.807, 2.05) is 36.4 Å². The van der Waals surface area contributed by atoms with Gasteiger partial charge < -0.3 is 28.4 Å². The van der Waals surface area contributed by atoms with E-state index in [9.17, 15) is 0 Å². The number of hydrogen-bond donors (Lipinski definition) is 0. The number of para-hydroxylation sites is 1. The molecule has 0 aromatic heterocycles. The van der Waals surface area contributed by atoms with E-state index in [-0.39, 0.29) is 24.2 Å². The molecule has 34 heavy (non-hydrogen) atoms. The lowest BCUT2D eigenvalue weighted by Gasteiger charge is -2.22. The molecule has 6 heteroatoms. The fourth-order valence-corrected chi connectivity index (χ4v) is 4.00. The Bertz CT molecular complexity index is 1100. The zero-order valence-corrected chi connectivity index (χ0v) is 18.9. The van der Waals surface area contributed by atoms with Crippen molar-refractivity contribution in [2.45, 2.75) is 24.2 Å². The molecule has 3 saturated heterocycles. The van der Waals surface area contributed by atoms with Crippen LogP contribution in [-0.2, 0) is 14.2 Å². The summed E-state index contributed by atoms with van der Waals surface area (Å²) in [5.74, 6) is 2.52. The van der Waals surface area contributed by atoms with Gasteiger partial charge in [0.15, 0.2) is 0 Å². The maximum absolute atomic E-state index is 6.19. The van der Waals surface area contributed by atoms with Crippen LogP contribution in [-0.4, -0.2) is 58.0 Å². The zero-order chi connectivity index (χ0) is 22.7. The smallest absolute Gasteiger partial charge is 0.123 e. The summed E-state index contributed by atoms with van der Waals surface area (Å²) in [6.07, 6.45) is 0.641. The minimum absolute atomic E-state index is 0.0298. The molecule has 0 N–H and O–H groups in total. The van der Waals surface area contributed by atoms with Crippen LogP contribution in [0, 0.1) is 0 Å². The van der Waals surface area contributed by atoms with Crippen molar-refractivity contribution in [1.82, 2.24) is 0 Å². The van der Waals surface area contributed by atoms with Crippen molar-refractivity contribution >= 4 is 0 Å². The van der Waals surface area contributed by atoms with Crippen LogP contribution in [0.15, 0.2) is 72.8 Å². The van der Waals surface area contributed by atoms with Crippen molar-refractivity contribution in [3.63, 3.8) is 0 Å². The first-order valence-corrected chi connectivity index (χ1v) is 11.8. The number of rotatable bonds is 12. The first-order valence-electron chi connectivity index (χ1n) is 11.8. The van der Waals surface area contributed by atoms with Gasteiger partial charge >= 0.3 is 0 Å². The van der Waals surface area contributed by atoms with Crippen LogP contribution in [0.5, 0.6) is 17.2 Å². The van der Waals surface area contributed by atoms with E-state index in [4.69, 9.17) is 28.4 Å². The van der Waals surface area contributed by atoms with E-state index < -0.39 is 0 Å². The highest BCUT2D eigenvalue weighted by molar-refractivity contribution is 5.51. The second-order valence-electron chi connectivity index (χ2n) is 8.91. The van der Waals surface area contributed by atoms with Crippen molar-refractivity contribution in [3.05, 3.63) is 89.5 Å². The molecule has 3 aliphatic rings. The van der Waals surface area contributed by atoms with E-state index in [1.54, 1.807) is 0 Å². The molecule has 3 aromatic carbocycles. The Morgan fingerprint density at radius 1 is 0.618 bits per heavy atom. The summed E-state index contributed by atoms with van der Waals surface area (Å²) in [5.41, 5.74) is 3.38. The van der Waals surface area contributed by atoms with E-state index in [2.05, 4.69) is 36.4 Å². The third kappa shape index (κ3) is 5.53. The van der Waals surface area contributed by atoms with E-state index in [1.165, 1.54) is 0 Å². The van der Waals surface area contributed by atoms with E-state index in [0.717, 1.165) is 53.8 Å². The fraction of sp³-hybridized carbons (Fsp3) is 0.357. The normalized spacial score (nSPS) is 23.1. The summed E-state index contributed by atoms with van der Waals surface area (Å²) in [6.45, 7) is 4.05. The van der Waals surface area contributed by atoms with Gasteiger partial charge in [-0.2, -0.15) is 0 Å². The molecule has 6 nitrogen and oxygen atoms in total. The molecule has 3 aromatic rings. The van der Waals surface area contributed by atoms with Gasteiger partial charge in [-0.15, -0.1) is 0 Å². The molecule has 6 rings (SSSR count). The standard InChI is InChI=1S/C28H28O6/c1-2-7-27(34-18-25-17-33-25)26(6-1)28(19-8-10-21(11-9-19)29-13-23-15-31-23)20-4-3-5-22(12-20)30-14-24-16-32-24/h1-12,23-25,28H,13-18H2. The van der Waals surface area contributed by atoms with Crippen LogP contribution in [0.3, 0.4) is 0 Å². The van der Waals surface area contributed by atoms with Crippen LogP contribution in [0.2, 0.25) is 0 Å². The second-order valence-corrected chi connectivity index (χ2v) is 8.91. The van der Waals surface area contributed by atoms with E-state index >= 15 is 0 Å².